The lowest BCUT2D eigenvalue weighted by atomic mass is 9.74. The van der Waals surface area contributed by atoms with Crippen molar-refractivity contribution in [2.45, 2.75) is 51.7 Å². The first-order valence-electron chi connectivity index (χ1n) is 13.6. The molecule has 0 spiro atoms. The number of esters is 1. The van der Waals surface area contributed by atoms with Crippen LogP contribution in [0.4, 0.5) is 14.9 Å². The second kappa shape index (κ2) is 12.6. The zero-order valence-corrected chi connectivity index (χ0v) is 24.8. The highest BCUT2D eigenvalue weighted by atomic mass is 35.5. The second-order valence-corrected chi connectivity index (χ2v) is 11.9. The molecule has 2 aliphatic rings. The van der Waals surface area contributed by atoms with Gasteiger partial charge in [0, 0.05) is 30.8 Å². The van der Waals surface area contributed by atoms with Crippen LogP contribution < -0.4 is 14.4 Å². The summed E-state index contributed by atoms with van der Waals surface area (Å²) in [6.07, 6.45) is 1.34. The third-order valence-electron chi connectivity index (χ3n) is 7.23. The van der Waals surface area contributed by atoms with Gasteiger partial charge in [-0.25, -0.2) is 14.0 Å². The lowest BCUT2D eigenvalue weighted by Gasteiger charge is -2.42. The second-order valence-electron chi connectivity index (χ2n) is 11.4. The number of hydrogen-bond donors (Lipinski definition) is 1. The number of fused-ring (bicyclic) bond motifs is 1. The van der Waals surface area contributed by atoms with Crippen LogP contribution in [0.15, 0.2) is 36.4 Å². The van der Waals surface area contributed by atoms with Crippen molar-refractivity contribution in [1.82, 2.24) is 4.90 Å². The fraction of sp³-hybridized carbons (Fsp3) is 0.467. The molecule has 4 rings (SSSR count). The minimum atomic E-state index is -1.05. The number of ether oxygens (including phenoxy) is 4. The highest BCUT2D eigenvalue weighted by Crippen LogP contribution is 2.42. The van der Waals surface area contributed by atoms with Crippen LogP contribution in [0.5, 0.6) is 11.5 Å². The molecule has 2 heterocycles. The highest BCUT2D eigenvalue weighted by Gasteiger charge is 2.41. The van der Waals surface area contributed by atoms with E-state index in [0.29, 0.717) is 38.0 Å². The van der Waals surface area contributed by atoms with E-state index in [-0.39, 0.29) is 34.8 Å². The number of nitrogens with one attached hydrogen (secondary N) is 1. The first-order valence-corrected chi connectivity index (χ1v) is 14.0. The molecule has 2 aromatic rings. The molecule has 226 valence electrons. The van der Waals surface area contributed by atoms with Gasteiger partial charge < -0.3 is 29.3 Å². The van der Waals surface area contributed by atoms with Crippen LogP contribution >= 0.6 is 11.6 Å². The summed E-state index contributed by atoms with van der Waals surface area (Å²) in [6.45, 7) is 5.46. The maximum atomic E-state index is 13.7. The number of nitrogens with zero attached hydrogens (tertiary/aromatic N) is 2. The highest BCUT2D eigenvalue weighted by molar-refractivity contribution is 6.32. The molecule has 0 saturated carbocycles. The Balaban J connectivity index is 1.53. The zero-order valence-electron chi connectivity index (χ0n) is 24.1. The maximum absolute atomic E-state index is 13.7. The Hall–Kier alpha value is -3.86. The number of hydrogen-bond acceptors (Lipinski definition) is 8. The van der Waals surface area contributed by atoms with Crippen molar-refractivity contribution in [1.29, 1.82) is 5.41 Å². The molecule has 0 aliphatic carbocycles. The fourth-order valence-electron chi connectivity index (χ4n) is 4.97. The number of amides is 2. The average molecular weight is 604 g/mol. The van der Waals surface area contributed by atoms with Crippen molar-refractivity contribution in [3.8, 4) is 11.5 Å². The molecule has 0 aromatic heterocycles. The van der Waals surface area contributed by atoms with Gasteiger partial charge in [0.2, 0.25) is 0 Å². The summed E-state index contributed by atoms with van der Waals surface area (Å²) in [6, 6.07) is 9.12. The maximum Gasteiger partial charge on any atom is 0.415 e. The molecule has 0 radical (unpaired) electrons. The third-order valence-corrected chi connectivity index (χ3v) is 7.53. The fourth-order valence-corrected chi connectivity index (χ4v) is 5.18. The summed E-state index contributed by atoms with van der Waals surface area (Å²) in [7, 11) is 1.23. The molecule has 1 fully saturated rings. The van der Waals surface area contributed by atoms with Gasteiger partial charge in [-0.3, -0.25) is 9.69 Å². The molecule has 42 heavy (non-hydrogen) atoms. The SMILES string of the molecule is COC(=O)COc1cc2c(cc1Cl)N(C(=O)OC(C)(C)C)CC(C(=O)N1CCC(C=N)(Cc3ccc(F)cc3)CC1)O2. The van der Waals surface area contributed by atoms with E-state index in [1.807, 2.05) is 0 Å². The minimum Gasteiger partial charge on any atom is -0.480 e. The predicted molar refractivity (Wildman–Crippen MR) is 154 cm³/mol. The molecule has 12 heteroatoms. The summed E-state index contributed by atoms with van der Waals surface area (Å²) in [5.74, 6) is -0.966. The molecule has 2 amide bonds. The number of rotatable bonds is 7. The molecular formula is C30H35ClFN3O7. The van der Waals surface area contributed by atoms with Crippen molar-refractivity contribution < 1.29 is 37.7 Å². The summed E-state index contributed by atoms with van der Waals surface area (Å²) in [5, 5.41) is 8.23. The van der Waals surface area contributed by atoms with Gasteiger partial charge in [-0.15, -0.1) is 0 Å². The van der Waals surface area contributed by atoms with E-state index < -0.39 is 35.8 Å². The van der Waals surface area contributed by atoms with E-state index in [0.717, 1.165) is 5.56 Å². The summed E-state index contributed by atoms with van der Waals surface area (Å²) in [5.41, 5.74) is -0.0383. The van der Waals surface area contributed by atoms with Crippen LogP contribution in [0.25, 0.3) is 0 Å². The van der Waals surface area contributed by atoms with Crippen molar-refractivity contribution in [2.75, 3.05) is 38.3 Å². The van der Waals surface area contributed by atoms with Gasteiger partial charge >= 0.3 is 12.1 Å². The van der Waals surface area contributed by atoms with Crippen LogP contribution in [0.2, 0.25) is 5.02 Å². The Bertz CT molecular complexity index is 1340. The van der Waals surface area contributed by atoms with Crippen molar-refractivity contribution in [3.05, 3.63) is 52.8 Å². The Morgan fingerprint density at radius 3 is 2.43 bits per heavy atom. The quantitative estimate of drug-likeness (QED) is 0.348. The third kappa shape index (κ3) is 7.31. The smallest absolute Gasteiger partial charge is 0.415 e. The molecule has 2 aliphatic heterocycles. The van der Waals surface area contributed by atoms with E-state index in [1.165, 1.54) is 42.5 Å². The molecule has 1 saturated heterocycles. The van der Waals surface area contributed by atoms with E-state index in [9.17, 15) is 18.8 Å². The topological polar surface area (TPSA) is 118 Å². The lowest BCUT2D eigenvalue weighted by molar-refractivity contribution is -0.143. The number of anilines is 1. The van der Waals surface area contributed by atoms with E-state index >= 15 is 0 Å². The Morgan fingerprint density at radius 2 is 1.83 bits per heavy atom. The molecule has 2 aromatic carbocycles. The Kier molecular flexibility index (Phi) is 9.30. The van der Waals surface area contributed by atoms with Crippen LogP contribution in [0, 0.1) is 16.6 Å². The Morgan fingerprint density at radius 1 is 1.17 bits per heavy atom. The van der Waals surface area contributed by atoms with Crippen molar-refractivity contribution in [2.24, 2.45) is 5.41 Å². The first kappa shape index (κ1) is 31.1. The van der Waals surface area contributed by atoms with Gasteiger partial charge in [0.15, 0.2) is 12.7 Å². The molecule has 1 unspecified atom stereocenters. The summed E-state index contributed by atoms with van der Waals surface area (Å²) >= 11 is 6.39. The van der Waals surface area contributed by atoms with E-state index in [2.05, 4.69) is 4.74 Å². The van der Waals surface area contributed by atoms with Crippen LogP contribution in [0.1, 0.15) is 39.2 Å². The number of benzene rings is 2. The van der Waals surface area contributed by atoms with Gasteiger partial charge in [-0.05, 0) is 63.8 Å². The minimum absolute atomic E-state index is 0.110. The van der Waals surface area contributed by atoms with Gasteiger partial charge in [-0.2, -0.15) is 0 Å². The number of methoxy groups -OCH3 is 1. The summed E-state index contributed by atoms with van der Waals surface area (Å²) in [4.78, 5) is 41.5. The average Bonchev–Trinajstić information content (AvgIpc) is 2.95. The zero-order chi connectivity index (χ0) is 30.7. The molecule has 10 nitrogen and oxygen atoms in total. The van der Waals surface area contributed by atoms with Gasteiger partial charge in [-0.1, -0.05) is 23.7 Å². The molecule has 1 atom stereocenters. The van der Waals surface area contributed by atoms with Gasteiger partial charge in [0.05, 0.1) is 24.4 Å². The van der Waals surface area contributed by atoms with Crippen LogP contribution in [0.3, 0.4) is 0 Å². The van der Waals surface area contributed by atoms with Gasteiger partial charge in [0.1, 0.15) is 22.9 Å². The number of halogens is 2. The molecular weight excluding hydrogens is 569 g/mol. The van der Waals surface area contributed by atoms with Gasteiger partial charge in [0.25, 0.3) is 5.91 Å². The van der Waals surface area contributed by atoms with E-state index in [4.69, 9.17) is 31.2 Å². The largest absolute Gasteiger partial charge is 0.480 e. The van der Waals surface area contributed by atoms with Crippen LogP contribution in [-0.2, 0) is 25.5 Å². The number of piperidine rings is 1. The summed E-state index contributed by atoms with van der Waals surface area (Å²) < 4.78 is 35.2. The van der Waals surface area contributed by atoms with Crippen molar-refractivity contribution >= 4 is 41.5 Å². The monoisotopic (exact) mass is 603 g/mol. The van der Waals surface area contributed by atoms with E-state index in [1.54, 1.807) is 37.8 Å². The molecule has 0 bridgehead atoms. The molecule has 1 N–H and O–H groups in total. The standard InChI is InChI=1S/C30H35ClFN3O7/c1-29(2,3)42-28(38)35-16-25(41-24-14-23(21(31)13-22(24)35)40-17-26(36)39-4)27(37)34-11-9-30(18-33,10-12-34)15-19-5-7-20(32)8-6-19/h5-8,13-14,18,25,33H,9-12,15-17H2,1-4H3. The first-order chi connectivity index (χ1) is 19.8. The van der Waals surface area contributed by atoms with Crippen molar-refractivity contribution in [3.63, 3.8) is 0 Å². The number of carbonyl (C=O) groups excluding carboxylic acids is 3. The lowest BCUT2D eigenvalue weighted by Crippen LogP contribution is -2.55. The predicted octanol–water partition coefficient (Wildman–Crippen LogP) is 5.03. The Labute approximate surface area is 249 Å². The van der Waals surface area contributed by atoms with Crippen LogP contribution in [-0.4, -0.2) is 74.1 Å². The number of carbonyl (C=O) groups is 3. The normalized spacial score (nSPS) is 17.9. The number of likely N-dealkylation sites (tertiary alicyclic amines) is 1.